The van der Waals surface area contributed by atoms with Gasteiger partial charge in [0.25, 0.3) is 0 Å². The fraction of sp³-hybridized carbons (Fsp3) is 0.250. The van der Waals surface area contributed by atoms with Crippen LogP contribution in [0, 0.1) is 0 Å². The third kappa shape index (κ3) is 2.77. The van der Waals surface area contributed by atoms with Crippen LogP contribution in [0.4, 0.5) is 4.79 Å². The van der Waals surface area contributed by atoms with E-state index in [1.54, 1.807) is 6.92 Å². The first-order valence-electron chi connectivity index (χ1n) is 3.76. The van der Waals surface area contributed by atoms with Gasteiger partial charge in [0.2, 0.25) is 0 Å². The van der Waals surface area contributed by atoms with E-state index in [1.807, 2.05) is 0 Å². The van der Waals surface area contributed by atoms with E-state index in [9.17, 15) is 9.59 Å². The van der Waals surface area contributed by atoms with Gasteiger partial charge < -0.3 is 13.9 Å². The Bertz CT molecular complexity index is 384. The summed E-state index contributed by atoms with van der Waals surface area (Å²) < 4.78 is 13.6. The topological polar surface area (TPSA) is 65.7 Å². The smallest absolute Gasteiger partial charge is 0.434 e. The molecule has 0 spiro atoms. The largest absolute Gasteiger partial charge is 0.513 e. The molecule has 0 unspecified atom stereocenters. The van der Waals surface area contributed by atoms with Crippen molar-refractivity contribution in [2.75, 3.05) is 6.61 Å². The van der Waals surface area contributed by atoms with Gasteiger partial charge in [-0.1, -0.05) is 11.6 Å². The molecule has 0 fully saturated rings. The van der Waals surface area contributed by atoms with Gasteiger partial charge >= 0.3 is 11.8 Å². The SMILES string of the molecule is CCOC(=O)Oc1coc(=O)cc1Cl. The van der Waals surface area contributed by atoms with E-state index in [2.05, 4.69) is 13.9 Å². The predicted octanol–water partition coefficient (Wildman–Crippen LogP) is 1.83. The molecular weight excluding hydrogens is 212 g/mol. The zero-order valence-electron chi connectivity index (χ0n) is 7.28. The van der Waals surface area contributed by atoms with E-state index < -0.39 is 11.8 Å². The highest BCUT2D eigenvalue weighted by Gasteiger charge is 2.09. The van der Waals surface area contributed by atoms with E-state index in [0.717, 1.165) is 12.3 Å². The van der Waals surface area contributed by atoms with Crippen LogP contribution >= 0.6 is 11.6 Å². The van der Waals surface area contributed by atoms with Crippen molar-refractivity contribution in [1.82, 2.24) is 0 Å². The monoisotopic (exact) mass is 218 g/mol. The third-order valence-electron chi connectivity index (χ3n) is 1.22. The van der Waals surface area contributed by atoms with E-state index in [0.29, 0.717) is 0 Å². The predicted molar refractivity (Wildman–Crippen MR) is 47.6 cm³/mol. The van der Waals surface area contributed by atoms with Crippen LogP contribution in [-0.4, -0.2) is 12.8 Å². The van der Waals surface area contributed by atoms with Gasteiger partial charge in [0.1, 0.15) is 6.26 Å². The van der Waals surface area contributed by atoms with Crippen LogP contribution < -0.4 is 10.4 Å². The molecular formula is C8H7ClO5. The Morgan fingerprint density at radius 3 is 2.93 bits per heavy atom. The number of ether oxygens (including phenoxy) is 2. The van der Waals surface area contributed by atoms with Crippen LogP contribution in [0.5, 0.6) is 5.75 Å². The molecule has 1 aromatic heterocycles. The summed E-state index contributed by atoms with van der Waals surface area (Å²) >= 11 is 5.58. The number of halogens is 1. The molecule has 0 amide bonds. The summed E-state index contributed by atoms with van der Waals surface area (Å²) in [5, 5.41) is -0.00527. The normalized spacial score (nSPS) is 9.57. The molecule has 1 rings (SSSR count). The lowest BCUT2D eigenvalue weighted by Gasteiger charge is -2.03. The van der Waals surface area contributed by atoms with Crippen LogP contribution in [0.3, 0.4) is 0 Å². The first-order valence-corrected chi connectivity index (χ1v) is 4.14. The van der Waals surface area contributed by atoms with Gasteiger partial charge in [-0.05, 0) is 6.92 Å². The molecule has 6 heteroatoms. The standard InChI is InChI=1S/C8H7ClO5/c1-2-12-8(11)14-6-4-13-7(10)3-5(6)9/h3-4H,2H2,1H3. The molecule has 0 aliphatic heterocycles. The maximum absolute atomic E-state index is 10.8. The minimum atomic E-state index is -0.900. The van der Waals surface area contributed by atoms with E-state index in [1.165, 1.54) is 0 Å². The second-order valence-electron chi connectivity index (χ2n) is 2.20. The van der Waals surface area contributed by atoms with Gasteiger partial charge in [0.15, 0.2) is 5.75 Å². The summed E-state index contributed by atoms with van der Waals surface area (Å²) in [7, 11) is 0. The molecule has 0 bridgehead atoms. The van der Waals surface area contributed by atoms with Gasteiger partial charge in [0, 0.05) is 6.07 Å². The van der Waals surface area contributed by atoms with Crippen molar-refractivity contribution in [2.45, 2.75) is 6.92 Å². The lowest BCUT2D eigenvalue weighted by molar-refractivity contribution is 0.103. The average molecular weight is 219 g/mol. The summed E-state index contributed by atoms with van der Waals surface area (Å²) in [6.45, 7) is 1.82. The highest BCUT2D eigenvalue weighted by Crippen LogP contribution is 2.21. The summed E-state index contributed by atoms with van der Waals surface area (Å²) in [4.78, 5) is 21.5. The second kappa shape index (κ2) is 4.66. The maximum Gasteiger partial charge on any atom is 0.513 e. The highest BCUT2D eigenvalue weighted by molar-refractivity contribution is 6.32. The zero-order valence-corrected chi connectivity index (χ0v) is 8.04. The number of hydrogen-bond donors (Lipinski definition) is 0. The van der Waals surface area contributed by atoms with Crippen LogP contribution in [0.1, 0.15) is 6.92 Å². The summed E-state index contributed by atoms with van der Waals surface area (Å²) in [5.74, 6) is -0.0512. The highest BCUT2D eigenvalue weighted by atomic mass is 35.5. The molecule has 0 radical (unpaired) electrons. The maximum atomic E-state index is 10.8. The zero-order chi connectivity index (χ0) is 10.6. The van der Waals surface area contributed by atoms with Crippen LogP contribution in [0.25, 0.3) is 0 Å². The number of hydrogen-bond acceptors (Lipinski definition) is 5. The first kappa shape index (κ1) is 10.6. The molecule has 1 aromatic rings. The Morgan fingerprint density at radius 2 is 2.36 bits per heavy atom. The van der Waals surface area contributed by atoms with E-state index >= 15 is 0 Å². The van der Waals surface area contributed by atoms with Crippen molar-refractivity contribution < 1.29 is 18.7 Å². The Kier molecular flexibility index (Phi) is 3.53. The third-order valence-corrected chi connectivity index (χ3v) is 1.51. The van der Waals surface area contributed by atoms with Crippen molar-refractivity contribution in [3.63, 3.8) is 0 Å². The molecule has 0 aliphatic carbocycles. The van der Waals surface area contributed by atoms with E-state index in [4.69, 9.17) is 11.6 Å². The van der Waals surface area contributed by atoms with Gasteiger partial charge in [0.05, 0.1) is 11.6 Å². The number of carbonyl (C=O) groups excluding carboxylic acids is 1. The molecule has 0 aromatic carbocycles. The summed E-state index contributed by atoms with van der Waals surface area (Å²) in [6, 6.07) is 0.996. The second-order valence-corrected chi connectivity index (χ2v) is 2.60. The fourth-order valence-corrected chi connectivity index (χ4v) is 0.859. The summed E-state index contributed by atoms with van der Waals surface area (Å²) in [5.41, 5.74) is -0.619. The van der Waals surface area contributed by atoms with Gasteiger partial charge in [-0.3, -0.25) is 0 Å². The molecule has 1 heterocycles. The van der Waals surface area contributed by atoms with Crippen molar-refractivity contribution in [1.29, 1.82) is 0 Å². The van der Waals surface area contributed by atoms with Gasteiger partial charge in [-0.2, -0.15) is 0 Å². The molecule has 76 valence electrons. The van der Waals surface area contributed by atoms with Crippen LogP contribution in [-0.2, 0) is 4.74 Å². The minimum Gasteiger partial charge on any atom is -0.434 e. The molecule has 5 nitrogen and oxygen atoms in total. The number of rotatable bonds is 2. The number of carbonyl (C=O) groups is 1. The van der Waals surface area contributed by atoms with Crippen LogP contribution in [0.2, 0.25) is 5.02 Å². The van der Waals surface area contributed by atoms with Gasteiger partial charge in [-0.15, -0.1) is 0 Å². The van der Waals surface area contributed by atoms with Crippen molar-refractivity contribution in [3.8, 4) is 5.75 Å². The average Bonchev–Trinajstić information content (AvgIpc) is 2.10. The molecule has 14 heavy (non-hydrogen) atoms. The fourth-order valence-electron chi connectivity index (χ4n) is 0.686. The molecule has 0 saturated carbocycles. The quantitative estimate of drug-likeness (QED) is 0.709. The Morgan fingerprint density at radius 1 is 1.64 bits per heavy atom. The summed E-state index contributed by atoms with van der Waals surface area (Å²) in [6.07, 6.45) is 0.0462. The Labute approximate surface area is 84.2 Å². The van der Waals surface area contributed by atoms with Crippen molar-refractivity contribution >= 4 is 17.8 Å². The first-order chi connectivity index (χ1) is 6.63. The van der Waals surface area contributed by atoms with Gasteiger partial charge in [-0.25, -0.2) is 9.59 Å². The van der Waals surface area contributed by atoms with Crippen molar-refractivity contribution in [3.05, 3.63) is 27.8 Å². The molecule has 0 saturated heterocycles. The Hall–Kier alpha value is -1.49. The Balaban J connectivity index is 2.77. The lowest BCUT2D eigenvalue weighted by atomic mass is 10.5. The molecule has 0 aliphatic rings. The van der Waals surface area contributed by atoms with Crippen LogP contribution in [0.15, 0.2) is 21.5 Å². The minimum absolute atomic E-state index is 0.00527. The molecule has 0 atom stereocenters. The molecule has 0 N–H and O–H groups in total. The van der Waals surface area contributed by atoms with Crippen molar-refractivity contribution in [2.24, 2.45) is 0 Å². The van der Waals surface area contributed by atoms with E-state index in [-0.39, 0.29) is 17.4 Å². The lowest BCUT2D eigenvalue weighted by Crippen LogP contribution is -2.11.